The number of benzene rings is 2. The molecule has 1 aromatic heterocycles. The van der Waals surface area contributed by atoms with E-state index in [1.165, 1.54) is 0 Å². The first-order chi connectivity index (χ1) is 12.8. The Kier molecular flexibility index (Phi) is 6.58. The van der Waals surface area contributed by atoms with Crippen LogP contribution in [0, 0.1) is 0 Å². The van der Waals surface area contributed by atoms with Gasteiger partial charge in [-0.05, 0) is 6.42 Å². The molecule has 0 radical (unpaired) electrons. The van der Waals surface area contributed by atoms with Crippen LogP contribution in [0.1, 0.15) is 19.8 Å². The first-order valence-electron chi connectivity index (χ1n) is 9.21. The van der Waals surface area contributed by atoms with E-state index in [-0.39, 0.29) is 0 Å². The van der Waals surface area contributed by atoms with Crippen LogP contribution >= 0.6 is 0 Å². The van der Waals surface area contributed by atoms with E-state index in [2.05, 4.69) is 36.2 Å². The first-order valence-corrected chi connectivity index (χ1v) is 9.21. The minimum Gasteiger partial charge on any atom is -0.389 e. The second kappa shape index (κ2) is 9.32. The summed E-state index contributed by atoms with van der Waals surface area (Å²) in [4.78, 5) is 4.64. The van der Waals surface area contributed by atoms with E-state index in [1.54, 1.807) is 6.33 Å². The molecule has 1 atom stereocenters. The van der Waals surface area contributed by atoms with Gasteiger partial charge in [0.1, 0.15) is 0 Å². The monoisotopic (exact) mass is 350 g/mol. The number of ether oxygens (including phenoxy) is 1. The van der Waals surface area contributed by atoms with E-state index < -0.39 is 6.10 Å². The highest BCUT2D eigenvalue weighted by Crippen LogP contribution is 2.31. The molecule has 0 saturated heterocycles. The van der Waals surface area contributed by atoms with Crippen LogP contribution in [-0.2, 0) is 11.3 Å². The van der Waals surface area contributed by atoms with Crippen molar-refractivity contribution in [3.05, 3.63) is 67.0 Å². The number of rotatable bonds is 9. The summed E-state index contributed by atoms with van der Waals surface area (Å²) in [5.41, 5.74) is 4.10. The fraction of sp³-hybridized carbons (Fsp3) is 0.318. The van der Waals surface area contributed by atoms with Crippen LogP contribution in [0.2, 0.25) is 0 Å². The van der Waals surface area contributed by atoms with Gasteiger partial charge in [-0.1, -0.05) is 74.0 Å². The number of unbranched alkanes of at least 4 members (excludes halogenated alkanes) is 1. The quantitative estimate of drug-likeness (QED) is 0.582. The van der Waals surface area contributed by atoms with Gasteiger partial charge >= 0.3 is 0 Å². The predicted molar refractivity (Wildman–Crippen MR) is 105 cm³/mol. The number of nitrogens with zero attached hydrogens (tertiary/aromatic N) is 2. The Balaban J connectivity index is 1.85. The van der Waals surface area contributed by atoms with Gasteiger partial charge in [0.2, 0.25) is 0 Å². The van der Waals surface area contributed by atoms with Crippen molar-refractivity contribution in [2.24, 2.45) is 0 Å². The molecule has 0 aliphatic heterocycles. The summed E-state index contributed by atoms with van der Waals surface area (Å²) in [6.45, 7) is 3.62. The Labute approximate surface area is 155 Å². The van der Waals surface area contributed by atoms with Gasteiger partial charge in [0.15, 0.2) is 0 Å². The maximum atomic E-state index is 10.4. The average Bonchev–Trinajstić information content (AvgIpc) is 3.10. The lowest BCUT2D eigenvalue weighted by molar-refractivity contribution is 0.0273. The molecule has 1 heterocycles. The number of aromatic nitrogens is 2. The molecule has 0 aliphatic rings. The highest BCUT2D eigenvalue weighted by molar-refractivity contribution is 5.78. The molecule has 3 aromatic rings. The normalized spacial score (nSPS) is 12.2. The van der Waals surface area contributed by atoms with Crippen molar-refractivity contribution < 1.29 is 9.84 Å². The molecule has 4 heteroatoms. The molecule has 0 bridgehead atoms. The summed E-state index contributed by atoms with van der Waals surface area (Å²) >= 11 is 0. The molecule has 0 spiro atoms. The van der Waals surface area contributed by atoms with Gasteiger partial charge in [-0.15, -0.1) is 0 Å². The Morgan fingerprint density at radius 1 is 1.00 bits per heavy atom. The van der Waals surface area contributed by atoms with Crippen molar-refractivity contribution in [3.8, 4) is 22.5 Å². The molecule has 0 fully saturated rings. The zero-order valence-electron chi connectivity index (χ0n) is 15.2. The number of aliphatic hydroxyl groups is 1. The van der Waals surface area contributed by atoms with Crippen molar-refractivity contribution >= 4 is 0 Å². The van der Waals surface area contributed by atoms with Gasteiger partial charge in [0, 0.05) is 17.7 Å². The van der Waals surface area contributed by atoms with Gasteiger partial charge < -0.3 is 14.4 Å². The average molecular weight is 350 g/mol. The van der Waals surface area contributed by atoms with Gasteiger partial charge in [0.25, 0.3) is 0 Å². The molecule has 3 rings (SSSR count). The minimum absolute atomic E-state index is 0.340. The van der Waals surface area contributed by atoms with Crippen LogP contribution in [-0.4, -0.2) is 34.0 Å². The summed E-state index contributed by atoms with van der Waals surface area (Å²) in [6, 6.07) is 20.3. The van der Waals surface area contributed by atoms with E-state index in [0.29, 0.717) is 19.8 Å². The Morgan fingerprint density at radius 3 is 2.31 bits per heavy atom. The van der Waals surface area contributed by atoms with E-state index in [0.717, 1.165) is 35.4 Å². The van der Waals surface area contributed by atoms with Crippen molar-refractivity contribution in [3.63, 3.8) is 0 Å². The molecular weight excluding hydrogens is 324 g/mol. The molecule has 1 N–H and O–H groups in total. The van der Waals surface area contributed by atoms with Gasteiger partial charge in [0.05, 0.1) is 37.0 Å². The third-order valence-electron chi connectivity index (χ3n) is 4.29. The maximum Gasteiger partial charge on any atom is 0.0963 e. The van der Waals surface area contributed by atoms with Crippen LogP contribution in [0.3, 0.4) is 0 Å². The lowest BCUT2D eigenvalue weighted by atomic mass is 10.0. The number of hydrogen-bond acceptors (Lipinski definition) is 3. The molecule has 0 aliphatic carbocycles. The van der Waals surface area contributed by atoms with Crippen LogP contribution < -0.4 is 0 Å². The smallest absolute Gasteiger partial charge is 0.0963 e. The molecule has 2 aromatic carbocycles. The second-order valence-corrected chi connectivity index (χ2v) is 6.41. The molecule has 0 amide bonds. The summed E-state index contributed by atoms with van der Waals surface area (Å²) in [5, 5.41) is 10.4. The summed E-state index contributed by atoms with van der Waals surface area (Å²) < 4.78 is 7.58. The Hall–Kier alpha value is -2.43. The second-order valence-electron chi connectivity index (χ2n) is 6.41. The standard InChI is InChI=1S/C22H26N2O2/c1-2-3-14-26-16-20(25)15-24-17-23-21(18-10-6-4-7-11-18)22(24)19-12-8-5-9-13-19/h4-13,17,20,25H,2-3,14-16H2,1H3/t20-/m1/s1. The third kappa shape index (κ3) is 4.59. The number of imidazole rings is 1. The molecular formula is C22H26N2O2. The maximum absolute atomic E-state index is 10.4. The van der Waals surface area contributed by atoms with Crippen LogP contribution in [0.25, 0.3) is 22.5 Å². The molecule has 0 saturated carbocycles. The summed E-state index contributed by atoms with van der Waals surface area (Å²) in [5.74, 6) is 0. The van der Waals surface area contributed by atoms with Gasteiger partial charge in [-0.2, -0.15) is 0 Å². The van der Waals surface area contributed by atoms with E-state index >= 15 is 0 Å². The molecule has 0 unspecified atom stereocenters. The summed E-state index contributed by atoms with van der Waals surface area (Å²) in [6.07, 6.45) is 3.36. The van der Waals surface area contributed by atoms with Crippen molar-refractivity contribution in [1.29, 1.82) is 0 Å². The number of aliphatic hydroxyl groups excluding tert-OH is 1. The fourth-order valence-electron chi connectivity index (χ4n) is 2.97. The number of hydrogen-bond donors (Lipinski definition) is 1. The van der Waals surface area contributed by atoms with Crippen LogP contribution in [0.15, 0.2) is 67.0 Å². The molecule has 26 heavy (non-hydrogen) atoms. The van der Waals surface area contributed by atoms with E-state index in [9.17, 15) is 5.11 Å². The third-order valence-corrected chi connectivity index (χ3v) is 4.29. The largest absolute Gasteiger partial charge is 0.389 e. The van der Waals surface area contributed by atoms with E-state index in [1.807, 2.05) is 41.0 Å². The lowest BCUT2D eigenvalue weighted by Gasteiger charge is -2.15. The lowest BCUT2D eigenvalue weighted by Crippen LogP contribution is -2.22. The van der Waals surface area contributed by atoms with E-state index in [4.69, 9.17) is 4.74 Å². The van der Waals surface area contributed by atoms with Crippen molar-refractivity contribution in [2.45, 2.75) is 32.4 Å². The molecule has 136 valence electrons. The zero-order valence-corrected chi connectivity index (χ0v) is 15.2. The van der Waals surface area contributed by atoms with Gasteiger partial charge in [-0.25, -0.2) is 4.98 Å². The zero-order chi connectivity index (χ0) is 18.2. The highest BCUT2D eigenvalue weighted by atomic mass is 16.5. The summed E-state index contributed by atoms with van der Waals surface area (Å²) in [7, 11) is 0. The van der Waals surface area contributed by atoms with Gasteiger partial charge in [-0.3, -0.25) is 0 Å². The topological polar surface area (TPSA) is 47.3 Å². The Morgan fingerprint density at radius 2 is 1.65 bits per heavy atom. The highest BCUT2D eigenvalue weighted by Gasteiger charge is 2.17. The SMILES string of the molecule is CCCCOC[C@H](O)Cn1cnc(-c2ccccc2)c1-c1ccccc1. The minimum atomic E-state index is -0.563. The van der Waals surface area contributed by atoms with Crippen LogP contribution in [0.5, 0.6) is 0 Å². The molecule has 4 nitrogen and oxygen atoms in total. The predicted octanol–water partition coefficient (Wildman–Crippen LogP) is 4.39. The van der Waals surface area contributed by atoms with Crippen LogP contribution in [0.4, 0.5) is 0 Å². The fourth-order valence-corrected chi connectivity index (χ4v) is 2.97. The Bertz CT molecular complexity index is 784. The first kappa shape index (κ1) is 18.4. The van der Waals surface area contributed by atoms with Crippen molar-refractivity contribution in [2.75, 3.05) is 13.2 Å². The van der Waals surface area contributed by atoms with Crippen molar-refractivity contribution in [1.82, 2.24) is 9.55 Å².